The van der Waals surface area contributed by atoms with E-state index in [2.05, 4.69) is 26.1 Å². The summed E-state index contributed by atoms with van der Waals surface area (Å²) in [5.74, 6) is 0.943. The molecule has 2 nitrogen and oxygen atoms in total. The van der Waals surface area contributed by atoms with Gasteiger partial charge >= 0.3 is 0 Å². The highest BCUT2D eigenvalue weighted by atomic mass is 16.3. The molecule has 2 heteroatoms. The number of nitrogens with one attached hydrogen (secondary N) is 1. The van der Waals surface area contributed by atoms with Gasteiger partial charge in [0.2, 0.25) is 0 Å². The molecule has 1 rings (SSSR count). The SMILES string of the molecule is CCC1CCCC(NCC(O)(CC)CC)CC1. The van der Waals surface area contributed by atoms with Crippen LogP contribution in [0.5, 0.6) is 0 Å². The van der Waals surface area contributed by atoms with Gasteiger partial charge in [-0.3, -0.25) is 0 Å². The predicted octanol–water partition coefficient (Wildman–Crippen LogP) is 3.49. The zero-order chi connectivity index (χ0) is 12.7. The van der Waals surface area contributed by atoms with Crippen LogP contribution >= 0.6 is 0 Å². The van der Waals surface area contributed by atoms with Crippen molar-refractivity contribution < 1.29 is 5.11 Å². The van der Waals surface area contributed by atoms with Crippen LogP contribution in [0.25, 0.3) is 0 Å². The van der Waals surface area contributed by atoms with Crippen LogP contribution in [0.3, 0.4) is 0 Å². The highest BCUT2D eigenvalue weighted by Crippen LogP contribution is 2.26. The lowest BCUT2D eigenvalue weighted by molar-refractivity contribution is 0.0293. The number of hydrogen-bond donors (Lipinski definition) is 2. The van der Waals surface area contributed by atoms with Crippen LogP contribution in [0.1, 0.15) is 72.1 Å². The molecule has 0 aliphatic heterocycles. The van der Waals surface area contributed by atoms with E-state index in [1.807, 2.05) is 0 Å². The molecule has 17 heavy (non-hydrogen) atoms. The molecule has 0 aromatic heterocycles. The Morgan fingerprint density at radius 3 is 2.35 bits per heavy atom. The molecule has 0 radical (unpaired) electrons. The van der Waals surface area contributed by atoms with Gasteiger partial charge in [0.25, 0.3) is 0 Å². The molecule has 102 valence electrons. The van der Waals surface area contributed by atoms with Gasteiger partial charge in [0, 0.05) is 12.6 Å². The largest absolute Gasteiger partial charge is 0.389 e. The smallest absolute Gasteiger partial charge is 0.0766 e. The van der Waals surface area contributed by atoms with Crippen LogP contribution in [0.15, 0.2) is 0 Å². The molecule has 2 unspecified atom stereocenters. The lowest BCUT2D eigenvalue weighted by Gasteiger charge is -2.28. The molecule has 0 amide bonds. The van der Waals surface area contributed by atoms with Gasteiger partial charge in [0.1, 0.15) is 0 Å². The maximum Gasteiger partial charge on any atom is 0.0766 e. The van der Waals surface area contributed by atoms with Crippen LogP contribution in [-0.4, -0.2) is 23.3 Å². The Morgan fingerprint density at radius 2 is 1.76 bits per heavy atom. The van der Waals surface area contributed by atoms with E-state index < -0.39 is 5.60 Å². The Bertz CT molecular complexity index is 201. The molecule has 2 atom stereocenters. The lowest BCUT2D eigenvalue weighted by atomic mass is 9.96. The third kappa shape index (κ3) is 4.97. The maximum atomic E-state index is 10.3. The molecule has 1 aliphatic carbocycles. The number of rotatable bonds is 6. The molecule has 0 saturated heterocycles. The van der Waals surface area contributed by atoms with Crippen LogP contribution < -0.4 is 5.32 Å². The molecule has 0 spiro atoms. The summed E-state index contributed by atoms with van der Waals surface area (Å²) in [6, 6.07) is 0.635. The van der Waals surface area contributed by atoms with E-state index in [1.165, 1.54) is 38.5 Å². The Morgan fingerprint density at radius 1 is 1.06 bits per heavy atom. The second kappa shape index (κ2) is 7.38. The minimum absolute atomic E-state index is 0.490. The normalized spacial score (nSPS) is 26.8. The van der Waals surface area contributed by atoms with Gasteiger partial charge in [0.05, 0.1) is 5.60 Å². The monoisotopic (exact) mass is 241 g/mol. The van der Waals surface area contributed by atoms with Gasteiger partial charge < -0.3 is 10.4 Å². The number of aliphatic hydroxyl groups is 1. The van der Waals surface area contributed by atoms with Gasteiger partial charge in [-0.2, -0.15) is 0 Å². The van der Waals surface area contributed by atoms with Gasteiger partial charge in [-0.05, 0) is 38.0 Å². The first-order chi connectivity index (χ1) is 8.13. The van der Waals surface area contributed by atoms with E-state index in [0.29, 0.717) is 6.04 Å². The quantitative estimate of drug-likeness (QED) is 0.698. The molecular weight excluding hydrogens is 210 g/mol. The van der Waals surface area contributed by atoms with Crippen molar-refractivity contribution in [3.05, 3.63) is 0 Å². The van der Waals surface area contributed by atoms with Gasteiger partial charge in [-0.1, -0.05) is 40.0 Å². The van der Waals surface area contributed by atoms with E-state index in [4.69, 9.17) is 0 Å². The van der Waals surface area contributed by atoms with Crippen molar-refractivity contribution in [2.45, 2.75) is 83.8 Å². The summed E-state index contributed by atoms with van der Waals surface area (Å²) in [6.45, 7) is 7.23. The zero-order valence-electron chi connectivity index (χ0n) is 12.0. The Labute approximate surface area is 107 Å². The molecule has 2 N–H and O–H groups in total. The summed E-state index contributed by atoms with van der Waals surface area (Å²) in [5.41, 5.74) is -0.490. The first-order valence-corrected chi connectivity index (χ1v) is 7.59. The Hall–Kier alpha value is -0.0800. The summed E-state index contributed by atoms with van der Waals surface area (Å²) in [5, 5.41) is 13.9. The minimum atomic E-state index is -0.490. The first kappa shape index (κ1) is 15.0. The zero-order valence-corrected chi connectivity index (χ0v) is 12.0. The fourth-order valence-electron chi connectivity index (χ4n) is 2.83. The molecule has 0 bridgehead atoms. The van der Waals surface area contributed by atoms with E-state index >= 15 is 0 Å². The highest BCUT2D eigenvalue weighted by molar-refractivity contribution is 4.82. The van der Waals surface area contributed by atoms with Crippen LogP contribution in [0.4, 0.5) is 0 Å². The first-order valence-electron chi connectivity index (χ1n) is 7.59. The molecule has 1 fully saturated rings. The third-order valence-electron chi connectivity index (χ3n) is 4.70. The van der Waals surface area contributed by atoms with Crippen molar-refractivity contribution in [1.29, 1.82) is 0 Å². The molecule has 0 heterocycles. The van der Waals surface area contributed by atoms with Crippen molar-refractivity contribution in [3.8, 4) is 0 Å². The van der Waals surface area contributed by atoms with E-state index in [0.717, 1.165) is 25.3 Å². The average Bonchev–Trinajstić information content (AvgIpc) is 2.61. The second-order valence-corrected chi connectivity index (χ2v) is 5.79. The summed E-state index contributed by atoms with van der Waals surface area (Å²) < 4.78 is 0. The van der Waals surface area contributed by atoms with Gasteiger partial charge in [0.15, 0.2) is 0 Å². The maximum absolute atomic E-state index is 10.3. The lowest BCUT2D eigenvalue weighted by Crippen LogP contribution is -2.43. The van der Waals surface area contributed by atoms with Crippen molar-refractivity contribution in [1.82, 2.24) is 5.32 Å². The van der Waals surface area contributed by atoms with Crippen LogP contribution in [0.2, 0.25) is 0 Å². The molecule has 1 aliphatic rings. The van der Waals surface area contributed by atoms with Gasteiger partial charge in [-0.25, -0.2) is 0 Å². The molecule has 0 aromatic rings. The predicted molar refractivity (Wildman–Crippen MR) is 74.2 cm³/mol. The van der Waals surface area contributed by atoms with E-state index in [-0.39, 0.29) is 0 Å². The van der Waals surface area contributed by atoms with Crippen molar-refractivity contribution in [2.75, 3.05) is 6.54 Å². The van der Waals surface area contributed by atoms with Crippen molar-refractivity contribution >= 4 is 0 Å². The van der Waals surface area contributed by atoms with Crippen molar-refractivity contribution in [3.63, 3.8) is 0 Å². The minimum Gasteiger partial charge on any atom is -0.389 e. The summed E-state index contributed by atoms with van der Waals surface area (Å²) in [7, 11) is 0. The fraction of sp³-hybridized carbons (Fsp3) is 1.00. The number of hydrogen-bond acceptors (Lipinski definition) is 2. The topological polar surface area (TPSA) is 32.3 Å². The van der Waals surface area contributed by atoms with Crippen LogP contribution in [0, 0.1) is 5.92 Å². The standard InChI is InChI=1S/C15H31NO/c1-4-13-8-7-9-14(11-10-13)16-12-15(17,5-2)6-3/h13-14,16-17H,4-12H2,1-3H3. The van der Waals surface area contributed by atoms with E-state index in [1.54, 1.807) is 0 Å². The highest BCUT2D eigenvalue weighted by Gasteiger charge is 2.24. The molecule has 1 saturated carbocycles. The van der Waals surface area contributed by atoms with Crippen LogP contribution in [-0.2, 0) is 0 Å². The second-order valence-electron chi connectivity index (χ2n) is 5.79. The molecule has 0 aromatic carbocycles. The third-order valence-corrected chi connectivity index (χ3v) is 4.70. The summed E-state index contributed by atoms with van der Waals surface area (Å²) in [4.78, 5) is 0. The summed E-state index contributed by atoms with van der Waals surface area (Å²) in [6.07, 6.45) is 9.74. The van der Waals surface area contributed by atoms with Gasteiger partial charge in [-0.15, -0.1) is 0 Å². The summed E-state index contributed by atoms with van der Waals surface area (Å²) >= 11 is 0. The average molecular weight is 241 g/mol. The van der Waals surface area contributed by atoms with E-state index in [9.17, 15) is 5.11 Å². The molecular formula is C15H31NO. The fourth-order valence-corrected chi connectivity index (χ4v) is 2.83. The van der Waals surface area contributed by atoms with Crippen molar-refractivity contribution in [2.24, 2.45) is 5.92 Å². The Balaban J connectivity index is 2.32. The Kier molecular flexibility index (Phi) is 6.50.